The highest BCUT2D eigenvalue weighted by Crippen LogP contribution is 2.23. The fourth-order valence-electron chi connectivity index (χ4n) is 2.81. The van der Waals surface area contributed by atoms with Gasteiger partial charge in [0.1, 0.15) is 18.1 Å². The number of esters is 2. The molecule has 0 spiro atoms. The Balaban J connectivity index is 2.04. The van der Waals surface area contributed by atoms with Crippen LogP contribution in [0.25, 0.3) is 6.08 Å². The maximum absolute atomic E-state index is 11.9. The van der Waals surface area contributed by atoms with E-state index in [1.54, 1.807) is 13.0 Å². The standard InChI is InChI=1S/C27H32O6/c1-5-6-17-31-24-14-10-22(11-15-24)23(19-33-27(29)20(2)3)18-32-25-12-7-21(8-13-25)9-16-26(28)30-4/h7-16,23H,2,5-6,17-19H2,1,3-4H3/b16-9+. The molecule has 0 bridgehead atoms. The van der Waals surface area contributed by atoms with Crippen molar-refractivity contribution in [1.82, 2.24) is 0 Å². The summed E-state index contributed by atoms with van der Waals surface area (Å²) in [6.07, 6.45) is 5.11. The van der Waals surface area contributed by atoms with E-state index in [2.05, 4.69) is 18.2 Å². The molecule has 6 nitrogen and oxygen atoms in total. The van der Waals surface area contributed by atoms with Gasteiger partial charge in [-0.1, -0.05) is 44.2 Å². The van der Waals surface area contributed by atoms with E-state index >= 15 is 0 Å². The highest BCUT2D eigenvalue weighted by atomic mass is 16.5. The van der Waals surface area contributed by atoms with Gasteiger partial charge in [0.05, 0.1) is 26.2 Å². The maximum atomic E-state index is 11.9. The summed E-state index contributed by atoms with van der Waals surface area (Å²) >= 11 is 0. The van der Waals surface area contributed by atoms with Crippen molar-refractivity contribution >= 4 is 18.0 Å². The maximum Gasteiger partial charge on any atom is 0.333 e. The summed E-state index contributed by atoms with van der Waals surface area (Å²) in [4.78, 5) is 23.1. The van der Waals surface area contributed by atoms with Crippen molar-refractivity contribution in [1.29, 1.82) is 0 Å². The first kappa shape index (κ1) is 25.7. The summed E-state index contributed by atoms with van der Waals surface area (Å²) in [5, 5.41) is 0. The van der Waals surface area contributed by atoms with E-state index in [4.69, 9.17) is 14.2 Å². The normalized spacial score (nSPS) is 11.6. The molecule has 0 N–H and O–H groups in total. The molecule has 2 aromatic rings. The molecule has 1 unspecified atom stereocenters. The zero-order chi connectivity index (χ0) is 24.1. The van der Waals surface area contributed by atoms with Gasteiger partial charge in [-0.25, -0.2) is 9.59 Å². The molecule has 0 radical (unpaired) electrons. The van der Waals surface area contributed by atoms with Crippen molar-refractivity contribution in [2.24, 2.45) is 0 Å². The van der Waals surface area contributed by atoms with E-state index in [-0.39, 0.29) is 12.5 Å². The Morgan fingerprint density at radius 2 is 1.61 bits per heavy atom. The number of hydrogen-bond acceptors (Lipinski definition) is 6. The average Bonchev–Trinajstić information content (AvgIpc) is 2.83. The molecule has 2 rings (SSSR count). The first-order chi connectivity index (χ1) is 15.9. The van der Waals surface area contributed by atoms with E-state index < -0.39 is 11.9 Å². The molecular formula is C27H32O6. The smallest absolute Gasteiger partial charge is 0.333 e. The molecule has 0 aromatic heterocycles. The van der Waals surface area contributed by atoms with Crippen LogP contribution in [0.2, 0.25) is 0 Å². The van der Waals surface area contributed by atoms with Gasteiger partial charge in [-0.3, -0.25) is 0 Å². The van der Waals surface area contributed by atoms with Gasteiger partial charge >= 0.3 is 11.9 Å². The van der Waals surface area contributed by atoms with Crippen LogP contribution in [0.5, 0.6) is 11.5 Å². The zero-order valence-electron chi connectivity index (χ0n) is 19.5. The Hall–Kier alpha value is -3.54. The molecule has 0 fully saturated rings. The molecule has 0 aliphatic carbocycles. The third-order valence-electron chi connectivity index (χ3n) is 4.83. The van der Waals surface area contributed by atoms with Crippen molar-refractivity contribution in [3.8, 4) is 11.5 Å². The summed E-state index contributed by atoms with van der Waals surface area (Å²) in [6.45, 7) is 8.54. The van der Waals surface area contributed by atoms with Crippen LogP contribution in [-0.4, -0.2) is 38.9 Å². The molecular weight excluding hydrogens is 420 g/mol. The van der Waals surface area contributed by atoms with E-state index in [0.717, 1.165) is 29.7 Å². The molecule has 0 amide bonds. The summed E-state index contributed by atoms with van der Waals surface area (Å²) in [6, 6.07) is 15.1. The number of unbranched alkanes of at least 4 members (excludes halogenated alkanes) is 1. The number of benzene rings is 2. The fourth-order valence-corrected chi connectivity index (χ4v) is 2.81. The van der Waals surface area contributed by atoms with Crippen molar-refractivity contribution < 1.29 is 28.5 Å². The SMILES string of the molecule is C=C(C)C(=O)OCC(COc1ccc(/C=C/C(=O)OC)cc1)c1ccc(OCCCC)cc1. The fraction of sp³-hybridized carbons (Fsp3) is 0.333. The lowest BCUT2D eigenvalue weighted by Gasteiger charge is -2.19. The van der Waals surface area contributed by atoms with Gasteiger partial charge in [0, 0.05) is 11.6 Å². The number of carbonyl (C=O) groups excluding carboxylic acids is 2. The van der Waals surface area contributed by atoms with Crippen molar-refractivity contribution in [3.05, 3.63) is 77.9 Å². The first-order valence-electron chi connectivity index (χ1n) is 11.0. The van der Waals surface area contributed by atoms with E-state index in [9.17, 15) is 9.59 Å². The van der Waals surface area contributed by atoms with E-state index in [0.29, 0.717) is 24.5 Å². The van der Waals surface area contributed by atoms with Crippen LogP contribution in [0, 0.1) is 0 Å². The van der Waals surface area contributed by atoms with Crippen LogP contribution < -0.4 is 9.47 Å². The predicted molar refractivity (Wildman–Crippen MR) is 128 cm³/mol. The minimum absolute atomic E-state index is 0.168. The van der Waals surface area contributed by atoms with Crippen LogP contribution in [0.4, 0.5) is 0 Å². The number of hydrogen-bond donors (Lipinski definition) is 0. The summed E-state index contributed by atoms with van der Waals surface area (Å²) < 4.78 is 21.7. The summed E-state index contributed by atoms with van der Waals surface area (Å²) in [5.74, 6) is 0.463. The Morgan fingerprint density at radius 1 is 0.970 bits per heavy atom. The topological polar surface area (TPSA) is 71.1 Å². The third-order valence-corrected chi connectivity index (χ3v) is 4.83. The molecule has 6 heteroatoms. The number of rotatable bonds is 13. The lowest BCUT2D eigenvalue weighted by molar-refractivity contribution is -0.139. The van der Waals surface area contributed by atoms with Crippen molar-refractivity contribution in [3.63, 3.8) is 0 Å². The second kappa shape index (κ2) is 13.8. The Kier molecular flexibility index (Phi) is 10.7. The summed E-state index contributed by atoms with van der Waals surface area (Å²) in [5.41, 5.74) is 2.17. The molecule has 2 aromatic carbocycles. The first-order valence-corrected chi connectivity index (χ1v) is 11.0. The lowest BCUT2D eigenvalue weighted by Crippen LogP contribution is -2.19. The molecule has 0 aliphatic heterocycles. The minimum atomic E-state index is -0.429. The number of carbonyl (C=O) groups is 2. The van der Waals surface area contributed by atoms with Crippen molar-refractivity contribution in [2.75, 3.05) is 26.9 Å². The molecule has 33 heavy (non-hydrogen) atoms. The van der Waals surface area contributed by atoms with Crippen LogP contribution in [-0.2, 0) is 19.1 Å². The van der Waals surface area contributed by atoms with Crippen LogP contribution in [0.1, 0.15) is 43.7 Å². The summed E-state index contributed by atoms with van der Waals surface area (Å²) in [7, 11) is 1.33. The van der Waals surface area contributed by atoms with Crippen molar-refractivity contribution in [2.45, 2.75) is 32.6 Å². The second-order valence-corrected chi connectivity index (χ2v) is 7.58. The van der Waals surface area contributed by atoms with Gasteiger partial charge in [-0.05, 0) is 54.8 Å². The highest BCUT2D eigenvalue weighted by Gasteiger charge is 2.16. The van der Waals surface area contributed by atoms with Gasteiger partial charge < -0.3 is 18.9 Å². The molecule has 0 saturated carbocycles. The average molecular weight is 453 g/mol. The van der Waals surface area contributed by atoms with Crippen LogP contribution in [0.3, 0.4) is 0 Å². The zero-order valence-corrected chi connectivity index (χ0v) is 19.5. The van der Waals surface area contributed by atoms with Gasteiger partial charge in [0.15, 0.2) is 0 Å². The molecule has 1 atom stereocenters. The quantitative estimate of drug-likeness (QED) is 0.232. The van der Waals surface area contributed by atoms with Gasteiger partial charge in [-0.2, -0.15) is 0 Å². The minimum Gasteiger partial charge on any atom is -0.494 e. The highest BCUT2D eigenvalue weighted by molar-refractivity contribution is 5.87. The number of ether oxygens (including phenoxy) is 4. The van der Waals surface area contributed by atoms with Gasteiger partial charge in [0.25, 0.3) is 0 Å². The second-order valence-electron chi connectivity index (χ2n) is 7.58. The van der Waals surface area contributed by atoms with Gasteiger partial charge in [-0.15, -0.1) is 0 Å². The van der Waals surface area contributed by atoms with Crippen LogP contribution in [0.15, 0.2) is 66.8 Å². The molecule has 0 heterocycles. The third kappa shape index (κ3) is 9.23. The van der Waals surface area contributed by atoms with E-state index in [1.807, 2.05) is 48.5 Å². The van der Waals surface area contributed by atoms with Gasteiger partial charge in [0.2, 0.25) is 0 Å². The lowest BCUT2D eigenvalue weighted by atomic mass is 10.0. The van der Waals surface area contributed by atoms with Crippen LogP contribution >= 0.6 is 0 Å². The Bertz CT molecular complexity index is 928. The molecule has 0 saturated heterocycles. The molecule has 0 aliphatic rings. The van der Waals surface area contributed by atoms with E-state index in [1.165, 1.54) is 13.2 Å². The predicted octanol–water partition coefficient (Wildman–Crippen LogP) is 5.33. The number of methoxy groups -OCH3 is 1. The largest absolute Gasteiger partial charge is 0.494 e. The Morgan fingerprint density at radius 3 is 2.21 bits per heavy atom. The molecule has 176 valence electrons. The Labute approximate surface area is 195 Å². The monoisotopic (exact) mass is 452 g/mol.